The van der Waals surface area contributed by atoms with E-state index in [1.807, 2.05) is 65.5 Å². The second kappa shape index (κ2) is 12.3. The summed E-state index contributed by atoms with van der Waals surface area (Å²) in [5.74, 6) is 2.19. The quantitative estimate of drug-likeness (QED) is 0.158. The number of fused-ring (bicyclic) bond motifs is 3. The molecule has 6 heteroatoms. The van der Waals surface area contributed by atoms with E-state index >= 15 is 0 Å². The van der Waals surface area contributed by atoms with Gasteiger partial charge in [0.05, 0.1) is 11.4 Å². The Hall–Kier alpha value is -5.25. The predicted octanol–water partition coefficient (Wildman–Crippen LogP) is 9.91. The van der Waals surface area contributed by atoms with Crippen molar-refractivity contribution >= 4 is 21.8 Å². The Kier molecular flexibility index (Phi) is 7.86. The van der Waals surface area contributed by atoms with E-state index in [1.54, 1.807) is 0 Å². The summed E-state index contributed by atoms with van der Waals surface area (Å²) in [6.07, 6.45) is 1.81. The van der Waals surface area contributed by atoms with E-state index in [1.165, 1.54) is 11.1 Å². The van der Waals surface area contributed by atoms with Crippen LogP contribution in [0, 0.1) is 19.9 Å². The van der Waals surface area contributed by atoms with Crippen molar-refractivity contribution in [2.45, 2.75) is 13.8 Å². The van der Waals surface area contributed by atoms with Gasteiger partial charge in [0, 0.05) is 55.9 Å². The number of hydrogen-bond acceptors (Lipinski definition) is 3. The van der Waals surface area contributed by atoms with Gasteiger partial charge < -0.3 is 9.30 Å². The van der Waals surface area contributed by atoms with Crippen LogP contribution in [0.4, 0.5) is 0 Å². The van der Waals surface area contributed by atoms with Crippen LogP contribution in [0.1, 0.15) is 11.4 Å². The van der Waals surface area contributed by atoms with Gasteiger partial charge in [-0.15, -0.1) is 17.5 Å². The van der Waals surface area contributed by atoms with E-state index in [4.69, 9.17) is 9.84 Å². The van der Waals surface area contributed by atoms with Crippen molar-refractivity contribution in [3.05, 3.63) is 157 Å². The standard InChI is InChI=1S/C40H29N4O.Pt/c1-27-40(31-20-18-30(19-21-31)29-11-4-3-5-12-29)28(2)44(42-27)32-13-10-14-33(25-32)45-34-22-23-36-35-15-6-7-16-37(35)43(38(36)26-34)39-17-8-9-24-41-39;/h3-25H,1-2H3;/q-1;. The Morgan fingerprint density at radius 1 is 0.652 bits per heavy atom. The Bertz CT molecular complexity index is 2310. The molecule has 0 unspecified atom stereocenters. The number of para-hydroxylation sites is 1. The second-order valence-electron chi connectivity index (χ2n) is 11.1. The monoisotopic (exact) mass is 776 g/mol. The Labute approximate surface area is 282 Å². The first-order chi connectivity index (χ1) is 22.1. The van der Waals surface area contributed by atoms with Crippen molar-refractivity contribution in [1.29, 1.82) is 0 Å². The predicted molar refractivity (Wildman–Crippen MR) is 181 cm³/mol. The molecule has 5 aromatic carbocycles. The molecule has 226 valence electrons. The third kappa shape index (κ3) is 5.23. The summed E-state index contributed by atoms with van der Waals surface area (Å²) in [5.41, 5.74) is 9.68. The topological polar surface area (TPSA) is 44.9 Å². The van der Waals surface area contributed by atoms with Crippen LogP contribution in [-0.4, -0.2) is 19.3 Å². The van der Waals surface area contributed by atoms with E-state index in [2.05, 4.69) is 108 Å². The summed E-state index contributed by atoms with van der Waals surface area (Å²) in [6.45, 7) is 4.18. The molecule has 0 saturated heterocycles. The first kappa shape index (κ1) is 29.5. The molecule has 0 atom stereocenters. The van der Waals surface area contributed by atoms with Crippen LogP contribution in [-0.2, 0) is 21.1 Å². The van der Waals surface area contributed by atoms with Crippen LogP contribution in [0.15, 0.2) is 140 Å². The number of hydrogen-bond donors (Lipinski definition) is 0. The van der Waals surface area contributed by atoms with Crippen LogP contribution in [0.2, 0.25) is 0 Å². The van der Waals surface area contributed by atoms with E-state index in [9.17, 15) is 0 Å². The summed E-state index contributed by atoms with van der Waals surface area (Å²) < 4.78 is 10.6. The summed E-state index contributed by atoms with van der Waals surface area (Å²) in [5, 5.41) is 7.19. The average molecular weight is 777 g/mol. The fraction of sp³-hybridized carbons (Fsp3) is 0.0500. The SMILES string of the molecule is Cc1nn(-c2cccc(Oc3[c-]c4c(cc3)c3ccccc3n4-c3ccccn3)c2)c(C)c1-c1ccc(-c2ccccc2)cc1.[Pt]. The van der Waals surface area contributed by atoms with Crippen molar-refractivity contribution < 1.29 is 25.8 Å². The molecule has 0 spiro atoms. The van der Waals surface area contributed by atoms with Crippen molar-refractivity contribution in [1.82, 2.24) is 19.3 Å². The maximum atomic E-state index is 6.42. The van der Waals surface area contributed by atoms with Crippen LogP contribution in [0.25, 0.3) is 55.6 Å². The van der Waals surface area contributed by atoms with Crippen molar-refractivity contribution in [2.24, 2.45) is 0 Å². The molecule has 0 radical (unpaired) electrons. The van der Waals surface area contributed by atoms with E-state index in [0.717, 1.165) is 55.8 Å². The van der Waals surface area contributed by atoms with Gasteiger partial charge in [-0.05, 0) is 66.3 Å². The van der Waals surface area contributed by atoms with Gasteiger partial charge in [0.1, 0.15) is 11.6 Å². The number of aromatic nitrogens is 4. The second-order valence-corrected chi connectivity index (χ2v) is 11.1. The zero-order valence-corrected chi connectivity index (χ0v) is 27.6. The Balaban J connectivity index is 0.00000338. The normalized spacial score (nSPS) is 11.1. The molecule has 46 heavy (non-hydrogen) atoms. The zero-order chi connectivity index (χ0) is 30.3. The van der Waals surface area contributed by atoms with E-state index < -0.39 is 0 Å². The van der Waals surface area contributed by atoms with Gasteiger partial charge in [-0.2, -0.15) is 11.2 Å². The third-order valence-electron chi connectivity index (χ3n) is 8.30. The third-order valence-corrected chi connectivity index (χ3v) is 8.30. The molecule has 0 bridgehead atoms. The molecule has 0 aliphatic carbocycles. The van der Waals surface area contributed by atoms with Gasteiger partial charge in [-0.3, -0.25) is 0 Å². The fourth-order valence-corrected chi connectivity index (χ4v) is 6.24. The maximum Gasteiger partial charge on any atom is 0.135 e. The van der Waals surface area contributed by atoms with Gasteiger partial charge in [0.25, 0.3) is 0 Å². The number of pyridine rings is 1. The molecule has 0 fully saturated rings. The van der Waals surface area contributed by atoms with Gasteiger partial charge in [-0.1, -0.05) is 90.4 Å². The summed E-state index contributed by atoms with van der Waals surface area (Å²) in [4.78, 5) is 4.63. The molecule has 0 N–H and O–H groups in total. The van der Waals surface area contributed by atoms with E-state index in [-0.39, 0.29) is 21.1 Å². The molecular weight excluding hydrogens is 748 g/mol. The smallest absolute Gasteiger partial charge is 0.135 e. The van der Waals surface area contributed by atoms with Gasteiger partial charge in [0.2, 0.25) is 0 Å². The number of ether oxygens (including phenoxy) is 1. The first-order valence-electron chi connectivity index (χ1n) is 15.0. The number of rotatable bonds is 6. The Morgan fingerprint density at radius 2 is 1.39 bits per heavy atom. The summed E-state index contributed by atoms with van der Waals surface area (Å²) >= 11 is 0. The molecule has 3 heterocycles. The molecule has 3 aromatic heterocycles. The molecule has 8 aromatic rings. The fourth-order valence-electron chi connectivity index (χ4n) is 6.24. The molecule has 0 aliphatic heterocycles. The van der Waals surface area contributed by atoms with Crippen LogP contribution >= 0.6 is 0 Å². The molecular formula is C40H29N4OPt-. The molecule has 8 rings (SSSR count). The maximum absolute atomic E-state index is 6.42. The molecule has 0 saturated carbocycles. The van der Waals surface area contributed by atoms with Crippen molar-refractivity contribution in [3.63, 3.8) is 0 Å². The molecule has 0 amide bonds. The minimum absolute atomic E-state index is 0. The summed E-state index contributed by atoms with van der Waals surface area (Å²) in [7, 11) is 0. The minimum atomic E-state index is 0. The number of nitrogens with zero attached hydrogens (tertiary/aromatic N) is 4. The largest absolute Gasteiger partial charge is 0.483 e. The number of benzene rings is 5. The van der Waals surface area contributed by atoms with E-state index in [0.29, 0.717) is 11.5 Å². The van der Waals surface area contributed by atoms with Crippen molar-refractivity contribution in [3.8, 4) is 45.3 Å². The summed E-state index contributed by atoms with van der Waals surface area (Å²) in [6, 6.07) is 49.1. The Morgan fingerprint density at radius 3 is 2.20 bits per heavy atom. The van der Waals surface area contributed by atoms with Crippen molar-refractivity contribution in [2.75, 3.05) is 0 Å². The zero-order valence-electron chi connectivity index (χ0n) is 25.3. The van der Waals surface area contributed by atoms with Gasteiger partial charge in [0.15, 0.2) is 0 Å². The van der Waals surface area contributed by atoms with Gasteiger partial charge in [-0.25, -0.2) is 9.67 Å². The first-order valence-corrected chi connectivity index (χ1v) is 15.0. The van der Waals surface area contributed by atoms with Crippen LogP contribution < -0.4 is 4.74 Å². The van der Waals surface area contributed by atoms with Crippen LogP contribution in [0.3, 0.4) is 0 Å². The van der Waals surface area contributed by atoms with Gasteiger partial charge >= 0.3 is 0 Å². The molecule has 0 aliphatic rings. The van der Waals surface area contributed by atoms with Crippen LogP contribution in [0.5, 0.6) is 11.5 Å². The number of aryl methyl sites for hydroxylation is 1. The molecule has 5 nitrogen and oxygen atoms in total. The average Bonchev–Trinajstić information content (AvgIpc) is 3.58. The minimum Gasteiger partial charge on any atom is -0.483 e.